The summed E-state index contributed by atoms with van der Waals surface area (Å²) in [5.74, 6) is 1.16. The highest BCUT2D eigenvalue weighted by atomic mass is 15.1. The molecule has 1 aromatic carbocycles. The Morgan fingerprint density at radius 3 is 2.36 bits per heavy atom. The number of aryl methyl sites for hydroxylation is 2. The number of hydrogen-bond acceptors (Lipinski definition) is 2. The van der Waals surface area contributed by atoms with Gasteiger partial charge in [0.05, 0.1) is 5.69 Å². The van der Waals surface area contributed by atoms with E-state index in [1.54, 1.807) is 0 Å². The van der Waals surface area contributed by atoms with E-state index in [-0.39, 0.29) is 0 Å². The minimum Gasteiger partial charge on any atom is -0.354 e. The molecule has 1 aliphatic rings. The number of aromatic nitrogens is 2. The van der Waals surface area contributed by atoms with E-state index in [2.05, 4.69) is 79.8 Å². The normalized spacial score (nSPS) is 16.4. The summed E-state index contributed by atoms with van der Waals surface area (Å²) in [6, 6.07) is 11.5. The van der Waals surface area contributed by atoms with Gasteiger partial charge in [0.2, 0.25) is 0 Å². The molecule has 4 rings (SSSR count). The van der Waals surface area contributed by atoms with Gasteiger partial charge in [0.15, 0.2) is 0 Å². The highest BCUT2D eigenvalue weighted by Crippen LogP contribution is 2.38. The molecule has 1 aliphatic heterocycles. The van der Waals surface area contributed by atoms with Crippen molar-refractivity contribution in [3.63, 3.8) is 0 Å². The third-order valence-electron chi connectivity index (χ3n) is 6.32. The molecule has 3 aromatic rings. The quantitative estimate of drug-likeness (QED) is 0.591. The predicted molar refractivity (Wildman–Crippen MR) is 119 cm³/mol. The molecule has 3 nitrogen and oxygen atoms in total. The molecule has 0 unspecified atom stereocenters. The largest absolute Gasteiger partial charge is 0.354 e. The summed E-state index contributed by atoms with van der Waals surface area (Å²) < 4.78 is 0. The molecule has 0 amide bonds. The van der Waals surface area contributed by atoms with Crippen molar-refractivity contribution in [2.45, 2.75) is 59.3 Å². The molecular weight excluding hydrogens is 342 g/mol. The Balaban J connectivity index is 1.78. The second kappa shape index (κ2) is 7.71. The molecule has 0 bridgehead atoms. The summed E-state index contributed by atoms with van der Waals surface area (Å²) >= 11 is 0. The highest BCUT2D eigenvalue weighted by Gasteiger charge is 2.22. The molecule has 3 heteroatoms. The maximum atomic E-state index is 4.56. The van der Waals surface area contributed by atoms with Crippen molar-refractivity contribution in [3.05, 3.63) is 52.8 Å². The number of nitrogens with zero attached hydrogens (tertiary/aromatic N) is 2. The standard InChI is InChI=1S/C25H33N3/c1-6-28-11-9-19(10-12-28)20-7-8-23-22(15-20)24(16(2)3)25(27-23)21-13-17(4)26-18(5)14-21/h7-8,13-16,19,27H,6,9-12H2,1-5H3. The highest BCUT2D eigenvalue weighted by molar-refractivity contribution is 5.92. The molecule has 1 fully saturated rings. The third kappa shape index (κ3) is 3.60. The van der Waals surface area contributed by atoms with Crippen LogP contribution in [0.25, 0.3) is 22.2 Å². The number of hydrogen-bond donors (Lipinski definition) is 1. The fourth-order valence-corrected chi connectivity index (χ4v) is 4.87. The van der Waals surface area contributed by atoms with Gasteiger partial charge in [-0.3, -0.25) is 4.98 Å². The summed E-state index contributed by atoms with van der Waals surface area (Å²) in [5.41, 5.74) is 8.86. The summed E-state index contributed by atoms with van der Waals surface area (Å²) in [5, 5.41) is 1.40. The summed E-state index contributed by atoms with van der Waals surface area (Å²) in [6.45, 7) is 14.7. The van der Waals surface area contributed by atoms with Crippen molar-refractivity contribution in [2.75, 3.05) is 19.6 Å². The zero-order valence-corrected chi connectivity index (χ0v) is 18.0. The van der Waals surface area contributed by atoms with Crippen molar-refractivity contribution >= 4 is 10.9 Å². The molecule has 1 saturated heterocycles. The van der Waals surface area contributed by atoms with E-state index < -0.39 is 0 Å². The van der Waals surface area contributed by atoms with E-state index in [9.17, 15) is 0 Å². The summed E-state index contributed by atoms with van der Waals surface area (Å²) in [6.07, 6.45) is 2.55. The van der Waals surface area contributed by atoms with Gasteiger partial charge in [0, 0.05) is 27.9 Å². The molecule has 3 heterocycles. The van der Waals surface area contributed by atoms with Crippen LogP contribution in [-0.4, -0.2) is 34.5 Å². The van der Waals surface area contributed by atoms with E-state index >= 15 is 0 Å². The molecule has 0 radical (unpaired) electrons. The Morgan fingerprint density at radius 2 is 1.75 bits per heavy atom. The number of aromatic amines is 1. The number of fused-ring (bicyclic) bond motifs is 1. The molecule has 0 atom stereocenters. The zero-order chi connectivity index (χ0) is 19.8. The molecular formula is C25H33N3. The topological polar surface area (TPSA) is 31.9 Å². The van der Waals surface area contributed by atoms with Gasteiger partial charge in [-0.05, 0) is 93.6 Å². The van der Waals surface area contributed by atoms with Gasteiger partial charge in [-0.2, -0.15) is 0 Å². The van der Waals surface area contributed by atoms with E-state index in [1.165, 1.54) is 65.8 Å². The van der Waals surface area contributed by atoms with Crippen molar-refractivity contribution in [1.82, 2.24) is 14.9 Å². The van der Waals surface area contributed by atoms with Crippen molar-refractivity contribution in [3.8, 4) is 11.3 Å². The lowest BCUT2D eigenvalue weighted by Gasteiger charge is -2.31. The number of pyridine rings is 1. The minimum atomic E-state index is 0.467. The Hall–Kier alpha value is -2.13. The number of nitrogens with one attached hydrogen (secondary N) is 1. The van der Waals surface area contributed by atoms with E-state index in [0.717, 1.165) is 11.4 Å². The summed E-state index contributed by atoms with van der Waals surface area (Å²) in [7, 11) is 0. The number of rotatable bonds is 4. The van der Waals surface area contributed by atoms with Gasteiger partial charge >= 0.3 is 0 Å². The first-order chi connectivity index (χ1) is 13.5. The fraction of sp³-hybridized carbons (Fsp3) is 0.480. The SMILES string of the molecule is CCN1CCC(c2ccc3[nH]c(-c4cc(C)nc(C)c4)c(C(C)C)c3c2)CC1. The minimum absolute atomic E-state index is 0.467. The molecule has 2 aromatic heterocycles. The lowest BCUT2D eigenvalue weighted by molar-refractivity contribution is 0.222. The van der Waals surface area contributed by atoms with Crippen LogP contribution < -0.4 is 0 Å². The smallest absolute Gasteiger partial charge is 0.0501 e. The van der Waals surface area contributed by atoms with Crippen LogP contribution in [-0.2, 0) is 0 Å². The maximum absolute atomic E-state index is 4.56. The van der Waals surface area contributed by atoms with E-state index in [1.807, 2.05) is 0 Å². The van der Waals surface area contributed by atoms with E-state index in [0.29, 0.717) is 11.8 Å². The second-order valence-electron chi connectivity index (χ2n) is 8.72. The van der Waals surface area contributed by atoms with Gasteiger partial charge in [-0.1, -0.05) is 26.8 Å². The first-order valence-corrected chi connectivity index (χ1v) is 10.8. The fourth-order valence-electron chi connectivity index (χ4n) is 4.87. The number of likely N-dealkylation sites (tertiary alicyclic amines) is 1. The average molecular weight is 376 g/mol. The van der Waals surface area contributed by atoms with Gasteiger partial charge in [0.25, 0.3) is 0 Å². The van der Waals surface area contributed by atoms with Crippen molar-refractivity contribution < 1.29 is 0 Å². The Morgan fingerprint density at radius 1 is 1.07 bits per heavy atom. The second-order valence-corrected chi connectivity index (χ2v) is 8.72. The average Bonchev–Trinajstić information content (AvgIpc) is 3.06. The van der Waals surface area contributed by atoms with E-state index in [4.69, 9.17) is 0 Å². The predicted octanol–water partition coefficient (Wildman–Crippen LogP) is 6.17. The van der Waals surface area contributed by atoms with Crippen LogP contribution in [0.15, 0.2) is 30.3 Å². The first-order valence-electron chi connectivity index (χ1n) is 10.8. The number of H-pyrrole nitrogens is 1. The zero-order valence-electron chi connectivity index (χ0n) is 18.0. The third-order valence-corrected chi connectivity index (χ3v) is 6.32. The van der Waals surface area contributed by atoms with Crippen LogP contribution in [0.1, 0.15) is 68.0 Å². The number of piperidine rings is 1. The van der Waals surface area contributed by atoms with Crippen LogP contribution in [0.2, 0.25) is 0 Å². The first kappa shape index (κ1) is 19.2. The van der Waals surface area contributed by atoms with Crippen molar-refractivity contribution in [1.29, 1.82) is 0 Å². The van der Waals surface area contributed by atoms with Gasteiger partial charge in [0.1, 0.15) is 0 Å². The van der Waals surface area contributed by atoms with Crippen LogP contribution >= 0.6 is 0 Å². The lowest BCUT2D eigenvalue weighted by atomic mass is 9.87. The number of benzene rings is 1. The van der Waals surface area contributed by atoms with Gasteiger partial charge in [-0.15, -0.1) is 0 Å². The molecule has 148 valence electrons. The maximum Gasteiger partial charge on any atom is 0.0501 e. The molecule has 0 aliphatic carbocycles. The molecule has 28 heavy (non-hydrogen) atoms. The molecule has 0 spiro atoms. The van der Waals surface area contributed by atoms with Gasteiger partial charge < -0.3 is 9.88 Å². The van der Waals surface area contributed by atoms with Gasteiger partial charge in [-0.25, -0.2) is 0 Å². The van der Waals surface area contributed by atoms with Crippen molar-refractivity contribution in [2.24, 2.45) is 0 Å². The monoisotopic (exact) mass is 375 g/mol. The van der Waals surface area contributed by atoms with Crippen LogP contribution in [0, 0.1) is 13.8 Å². The van der Waals surface area contributed by atoms with Crippen LogP contribution in [0.4, 0.5) is 0 Å². The summed E-state index contributed by atoms with van der Waals surface area (Å²) in [4.78, 5) is 10.9. The lowest BCUT2D eigenvalue weighted by Crippen LogP contribution is -2.32. The molecule has 0 saturated carbocycles. The Labute approximate surface area is 169 Å². The van der Waals surface area contributed by atoms with Crippen LogP contribution in [0.5, 0.6) is 0 Å². The molecule has 1 N–H and O–H groups in total. The Kier molecular flexibility index (Phi) is 5.29. The Bertz CT molecular complexity index is 955. The van der Waals surface area contributed by atoms with Crippen LogP contribution in [0.3, 0.4) is 0 Å².